The highest BCUT2D eigenvalue weighted by atomic mass is 35.5. The molecule has 0 unspecified atom stereocenters. The predicted molar refractivity (Wildman–Crippen MR) is 117 cm³/mol. The van der Waals surface area contributed by atoms with Crippen LogP contribution < -0.4 is 9.62 Å². The lowest BCUT2D eigenvalue weighted by Gasteiger charge is -2.31. The molecule has 1 heterocycles. The van der Waals surface area contributed by atoms with E-state index < -0.39 is 32.9 Å². The minimum absolute atomic E-state index is 0. The fourth-order valence-corrected chi connectivity index (χ4v) is 5.41. The van der Waals surface area contributed by atoms with Crippen molar-refractivity contribution in [2.45, 2.75) is 24.6 Å². The Morgan fingerprint density at radius 3 is 2.42 bits per heavy atom. The molecule has 170 valence electrons. The quantitative estimate of drug-likeness (QED) is 0.616. The highest BCUT2D eigenvalue weighted by molar-refractivity contribution is 7.93. The van der Waals surface area contributed by atoms with Crippen LogP contribution in [0.4, 0.5) is 14.5 Å². The van der Waals surface area contributed by atoms with Crippen molar-refractivity contribution in [1.29, 1.82) is 0 Å². The third kappa shape index (κ3) is 5.65. The van der Waals surface area contributed by atoms with Crippen LogP contribution in [0.15, 0.2) is 36.4 Å². The zero-order valence-corrected chi connectivity index (χ0v) is 19.0. The van der Waals surface area contributed by atoms with Crippen LogP contribution in [0.1, 0.15) is 28.8 Å². The van der Waals surface area contributed by atoms with Crippen molar-refractivity contribution >= 4 is 45.7 Å². The number of hydrogen-bond donors (Lipinski definition) is 1. The van der Waals surface area contributed by atoms with E-state index in [1.165, 1.54) is 31.4 Å². The molecule has 31 heavy (non-hydrogen) atoms. The number of halogens is 4. The van der Waals surface area contributed by atoms with Gasteiger partial charge in [-0.15, -0.1) is 12.4 Å². The first-order valence-corrected chi connectivity index (χ1v) is 11.2. The highest BCUT2D eigenvalue weighted by Crippen LogP contribution is 2.30. The number of carbonyl (C=O) groups excluding carboxylic acids is 1. The number of methoxy groups -OCH3 is 1. The van der Waals surface area contributed by atoms with E-state index in [-0.39, 0.29) is 40.8 Å². The van der Waals surface area contributed by atoms with E-state index in [2.05, 4.69) is 10.1 Å². The predicted octanol–water partition coefficient (Wildman–Crippen LogP) is 3.92. The Morgan fingerprint density at radius 2 is 1.84 bits per heavy atom. The van der Waals surface area contributed by atoms with Gasteiger partial charge in [0.2, 0.25) is 10.0 Å². The Morgan fingerprint density at radius 1 is 1.16 bits per heavy atom. The van der Waals surface area contributed by atoms with Crippen LogP contribution in [0, 0.1) is 11.6 Å². The molecule has 2 aromatic rings. The molecule has 1 fully saturated rings. The fourth-order valence-electron chi connectivity index (χ4n) is 3.32. The Hall–Kier alpha value is -1.94. The van der Waals surface area contributed by atoms with Crippen LogP contribution in [0.2, 0.25) is 5.02 Å². The molecule has 11 heteroatoms. The van der Waals surface area contributed by atoms with E-state index in [0.717, 1.165) is 16.4 Å². The maximum Gasteiger partial charge on any atom is 0.337 e. The van der Waals surface area contributed by atoms with Crippen molar-refractivity contribution in [3.05, 3.63) is 64.2 Å². The standard InChI is InChI=1S/C20H21ClF2N2O4S.ClH/c1-29-20(26)13-2-3-14(19(23)10-13)12-25(15-4-5-18(22)17(21)11-15)30(27,28)16-6-8-24-9-7-16;/h2-5,10-11,16,24H,6-9,12H2,1H3;1H. The molecule has 1 saturated heterocycles. The van der Waals surface area contributed by atoms with E-state index in [0.29, 0.717) is 25.9 Å². The summed E-state index contributed by atoms with van der Waals surface area (Å²) in [5.74, 6) is -2.14. The van der Waals surface area contributed by atoms with Gasteiger partial charge in [-0.25, -0.2) is 22.0 Å². The summed E-state index contributed by atoms with van der Waals surface area (Å²) in [5.41, 5.74) is 0.202. The molecule has 0 aliphatic carbocycles. The van der Waals surface area contributed by atoms with Crippen molar-refractivity contribution in [1.82, 2.24) is 5.32 Å². The van der Waals surface area contributed by atoms with Gasteiger partial charge in [0, 0.05) is 5.56 Å². The molecule has 1 aliphatic heterocycles. The number of ether oxygens (including phenoxy) is 1. The monoisotopic (exact) mass is 494 g/mol. The van der Waals surface area contributed by atoms with Crippen molar-refractivity contribution in [2.75, 3.05) is 24.5 Å². The second kappa shape index (κ2) is 10.6. The van der Waals surface area contributed by atoms with Gasteiger partial charge >= 0.3 is 5.97 Å². The zero-order valence-electron chi connectivity index (χ0n) is 16.6. The number of carbonyl (C=O) groups is 1. The molecule has 0 saturated carbocycles. The number of piperidine rings is 1. The van der Waals surface area contributed by atoms with E-state index >= 15 is 0 Å². The zero-order chi connectivity index (χ0) is 21.9. The molecule has 3 rings (SSSR count). The van der Waals surface area contributed by atoms with Crippen LogP contribution in [0.3, 0.4) is 0 Å². The molecule has 0 atom stereocenters. The lowest BCUT2D eigenvalue weighted by molar-refractivity contribution is 0.0600. The summed E-state index contributed by atoms with van der Waals surface area (Å²) in [7, 11) is -2.72. The first-order chi connectivity index (χ1) is 14.2. The summed E-state index contributed by atoms with van der Waals surface area (Å²) >= 11 is 5.87. The van der Waals surface area contributed by atoms with E-state index in [9.17, 15) is 22.0 Å². The third-order valence-corrected chi connectivity index (χ3v) is 7.55. The first kappa shape index (κ1) is 25.3. The summed E-state index contributed by atoms with van der Waals surface area (Å²) in [4.78, 5) is 11.6. The van der Waals surface area contributed by atoms with Gasteiger partial charge in [-0.3, -0.25) is 4.31 Å². The molecular weight excluding hydrogens is 473 g/mol. The van der Waals surface area contributed by atoms with Crippen LogP contribution in [-0.2, 0) is 21.3 Å². The number of nitrogens with one attached hydrogen (secondary N) is 1. The fraction of sp³-hybridized carbons (Fsp3) is 0.350. The minimum Gasteiger partial charge on any atom is -0.465 e. The Bertz CT molecular complexity index is 1050. The number of esters is 1. The van der Waals surface area contributed by atoms with Crippen LogP contribution >= 0.6 is 24.0 Å². The largest absolute Gasteiger partial charge is 0.465 e. The maximum atomic E-state index is 14.7. The van der Waals surface area contributed by atoms with Gasteiger partial charge in [-0.2, -0.15) is 0 Å². The molecule has 0 spiro atoms. The summed E-state index contributed by atoms with van der Waals surface area (Å²) in [6.07, 6.45) is 0.801. The second-order valence-electron chi connectivity index (χ2n) is 6.90. The molecule has 1 N–H and O–H groups in total. The molecule has 0 aromatic heterocycles. The number of nitrogens with zero attached hydrogens (tertiary/aromatic N) is 1. The smallest absolute Gasteiger partial charge is 0.337 e. The van der Waals surface area contributed by atoms with Crippen molar-refractivity contribution in [2.24, 2.45) is 0 Å². The normalized spacial score (nSPS) is 14.6. The summed E-state index contributed by atoms with van der Waals surface area (Å²) in [6, 6.07) is 7.25. The van der Waals surface area contributed by atoms with Crippen LogP contribution in [-0.4, -0.2) is 39.8 Å². The number of sulfonamides is 1. The molecule has 0 radical (unpaired) electrons. The molecular formula is C20H22Cl2F2N2O4S. The van der Waals surface area contributed by atoms with Gasteiger partial charge in [0.1, 0.15) is 11.6 Å². The van der Waals surface area contributed by atoms with E-state index in [1.54, 1.807) is 0 Å². The Balaban J connectivity index is 0.00000341. The summed E-state index contributed by atoms with van der Waals surface area (Å²) in [5, 5.41) is 2.20. The number of rotatable bonds is 6. The van der Waals surface area contributed by atoms with Gasteiger partial charge in [-0.05, 0) is 56.3 Å². The van der Waals surface area contributed by atoms with Crippen LogP contribution in [0.5, 0.6) is 0 Å². The van der Waals surface area contributed by atoms with E-state index in [4.69, 9.17) is 11.6 Å². The molecule has 2 aromatic carbocycles. The minimum atomic E-state index is -3.90. The van der Waals surface area contributed by atoms with Gasteiger partial charge in [0.05, 0.1) is 35.2 Å². The first-order valence-electron chi connectivity index (χ1n) is 9.28. The summed E-state index contributed by atoms with van der Waals surface area (Å²) in [6.45, 7) is 0.760. The molecule has 6 nitrogen and oxygen atoms in total. The topological polar surface area (TPSA) is 75.7 Å². The molecule has 0 amide bonds. The number of hydrogen-bond acceptors (Lipinski definition) is 5. The SMILES string of the molecule is COC(=O)c1ccc(CN(c2ccc(F)c(Cl)c2)S(=O)(=O)C2CCNCC2)c(F)c1.Cl. The van der Waals surface area contributed by atoms with E-state index in [1.807, 2.05) is 0 Å². The summed E-state index contributed by atoms with van der Waals surface area (Å²) < 4.78 is 60.7. The van der Waals surface area contributed by atoms with Gasteiger partial charge in [0.25, 0.3) is 0 Å². The molecule has 1 aliphatic rings. The van der Waals surface area contributed by atoms with Crippen molar-refractivity contribution in [3.8, 4) is 0 Å². The maximum absolute atomic E-state index is 14.7. The highest BCUT2D eigenvalue weighted by Gasteiger charge is 2.34. The number of benzene rings is 2. The molecule has 0 bridgehead atoms. The van der Waals surface area contributed by atoms with Crippen LogP contribution in [0.25, 0.3) is 0 Å². The van der Waals surface area contributed by atoms with Gasteiger partial charge < -0.3 is 10.1 Å². The third-order valence-electron chi connectivity index (χ3n) is 4.99. The lowest BCUT2D eigenvalue weighted by Crippen LogP contribution is -2.44. The second-order valence-corrected chi connectivity index (χ2v) is 9.44. The van der Waals surface area contributed by atoms with Gasteiger partial charge in [-0.1, -0.05) is 17.7 Å². The lowest BCUT2D eigenvalue weighted by atomic mass is 10.1. The average molecular weight is 495 g/mol. The number of anilines is 1. The van der Waals surface area contributed by atoms with Crippen molar-refractivity contribution < 1.29 is 26.7 Å². The Labute approximate surface area is 191 Å². The average Bonchev–Trinajstić information content (AvgIpc) is 2.74. The Kier molecular flexibility index (Phi) is 8.65. The van der Waals surface area contributed by atoms with Crippen molar-refractivity contribution in [3.63, 3.8) is 0 Å². The van der Waals surface area contributed by atoms with Gasteiger partial charge in [0.15, 0.2) is 0 Å².